The number of thiophene rings is 1. The molecular formula is C14H12FNOS. The van der Waals surface area contributed by atoms with Crippen LogP contribution < -0.4 is 4.90 Å². The first-order valence-electron chi connectivity index (χ1n) is 5.83. The lowest BCUT2D eigenvalue weighted by atomic mass is 10.1. The van der Waals surface area contributed by atoms with Crippen LogP contribution in [0.1, 0.15) is 20.8 Å². The van der Waals surface area contributed by atoms with Gasteiger partial charge in [-0.05, 0) is 35.6 Å². The Morgan fingerprint density at radius 2 is 2.22 bits per heavy atom. The van der Waals surface area contributed by atoms with Crippen molar-refractivity contribution in [1.82, 2.24) is 0 Å². The average Bonchev–Trinajstić information content (AvgIpc) is 2.85. The van der Waals surface area contributed by atoms with E-state index in [1.807, 2.05) is 6.07 Å². The van der Waals surface area contributed by atoms with Gasteiger partial charge in [-0.15, -0.1) is 11.3 Å². The molecule has 1 aromatic heterocycles. The monoisotopic (exact) mass is 261 g/mol. The van der Waals surface area contributed by atoms with Gasteiger partial charge < -0.3 is 4.90 Å². The number of carbonyl (C=O) groups is 1. The first-order valence-corrected chi connectivity index (χ1v) is 6.71. The Labute approximate surface area is 109 Å². The molecule has 0 radical (unpaired) electrons. The highest BCUT2D eigenvalue weighted by Crippen LogP contribution is 2.30. The maximum absolute atomic E-state index is 13.6. The third-order valence-corrected chi connectivity index (χ3v) is 4.32. The first kappa shape index (κ1) is 11.4. The maximum Gasteiger partial charge on any atom is 0.155 e. The molecule has 92 valence electrons. The molecule has 1 aromatic carbocycles. The third kappa shape index (κ3) is 1.82. The average molecular weight is 261 g/mol. The number of hydrogen-bond donors (Lipinski definition) is 0. The van der Waals surface area contributed by atoms with Crippen LogP contribution in [-0.4, -0.2) is 12.8 Å². The van der Waals surface area contributed by atoms with E-state index in [9.17, 15) is 9.18 Å². The van der Waals surface area contributed by atoms with Gasteiger partial charge in [-0.2, -0.15) is 0 Å². The van der Waals surface area contributed by atoms with Crippen molar-refractivity contribution >= 4 is 23.3 Å². The van der Waals surface area contributed by atoms with E-state index >= 15 is 0 Å². The summed E-state index contributed by atoms with van der Waals surface area (Å²) in [6.07, 6.45) is 1.57. The molecule has 0 bridgehead atoms. The number of nitrogens with zero attached hydrogens (tertiary/aromatic N) is 1. The minimum atomic E-state index is -0.446. The topological polar surface area (TPSA) is 20.3 Å². The summed E-state index contributed by atoms with van der Waals surface area (Å²) in [6, 6.07) is 6.89. The minimum absolute atomic E-state index is 0.163. The fraction of sp³-hybridized carbons (Fsp3) is 0.214. The van der Waals surface area contributed by atoms with E-state index in [0.29, 0.717) is 12.0 Å². The van der Waals surface area contributed by atoms with E-state index in [1.165, 1.54) is 16.5 Å². The van der Waals surface area contributed by atoms with Gasteiger partial charge in [-0.1, -0.05) is 6.07 Å². The molecule has 0 saturated carbocycles. The van der Waals surface area contributed by atoms with Gasteiger partial charge in [0.2, 0.25) is 0 Å². The highest BCUT2D eigenvalue weighted by atomic mass is 32.1. The van der Waals surface area contributed by atoms with E-state index in [-0.39, 0.29) is 5.56 Å². The van der Waals surface area contributed by atoms with Crippen molar-refractivity contribution in [2.45, 2.75) is 13.0 Å². The van der Waals surface area contributed by atoms with Crippen LogP contribution in [0.2, 0.25) is 0 Å². The summed E-state index contributed by atoms with van der Waals surface area (Å²) in [5, 5.41) is 2.08. The number of halogens is 1. The highest BCUT2D eigenvalue weighted by Gasteiger charge is 2.20. The molecule has 0 amide bonds. The third-order valence-electron chi connectivity index (χ3n) is 3.30. The zero-order valence-corrected chi connectivity index (χ0v) is 10.5. The fourth-order valence-corrected chi connectivity index (χ4v) is 3.26. The van der Waals surface area contributed by atoms with Crippen molar-refractivity contribution < 1.29 is 9.18 Å². The molecule has 2 nitrogen and oxygen atoms in total. The largest absolute Gasteiger partial charge is 0.366 e. The predicted octanol–water partition coefficient (Wildman–Crippen LogP) is 3.26. The second-order valence-corrected chi connectivity index (χ2v) is 5.33. The van der Waals surface area contributed by atoms with Gasteiger partial charge in [0.1, 0.15) is 5.82 Å². The van der Waals surface area contributed by atoms with Crippen molar-refractivity contribution in [2.75, 3.05) is 11.4 Å². The number of anilines is 1. The molecule has 2 aromatic rings. The number of carbonyl (C=O) groups excluding carboxylic acids is 1. The van der Waals surface area contributed by atoms with Crippen LogP contribution in [-0.2, 0) is 13.0 Å². The fourth-order valence-electron chi connectivity index (χ4n) is 2.37. The molecule has 18 heavy (non-hydrogen) atoms. The summed E-state index contributed by atoms with van der Waals surface area (Å²) in [4.78, 5) is 14.5. The zero-order valence-electron chi connectivity index (χ0n) is 9.73. The molecule has 1 aliphatic rings. The lowest BCUT2D eigenvalue weighted by molar-refractivity contribution is 0.112. The van der Waals surface area contributed by atoms with Crippen molar-refractivity contribution in [3.05, 3.63) is 51.5 Å². The van der Waals surface area contributed by atoms with Crippen LogP contribution in [0, 0.1) is 5.82 Å². The molecule has 0 N–H and O–H groups in total. The summed E-state index contributed by atoms with van der Waals surface area (Å²) in [5.74, 6) is -0.446. The van der Waals surface area contributed by atoms with Crippen LogP contribution >= 0.6 is 11.3 Å². The lowest BCUT2D eigenvalue weighted by Crippen LogP contribution is -2.30. The summed E-state index contributed by atoms with van der Waals surface area (Å²) in [5.41, 5.74) is 2.14. The first-order chi connectivity index (χ1) is 8.79. The van der Waals surface area contributed by atoms with E-state index in [1.54, 1.807) is 17.4 Å². The molecule has 3 rings (SSSR count). The van der Waals surface area contributed by atoms with E-state index in [2.05, 4.69) is 16.3 Å². The Morgan fingerprint density at radius 1 is 1.33 bits per heavy atom. The number of benzene rings is 1. The Balaban J connectivity index is 1.98. The molecule has 4 heteroatoms. The molecular weight excluding hydrogens is 249 g/mol. The van der Waals surface area contributed by atoms with Crippen LogP contribution in [0.25, 0.3) is 0 Å². The lowest BCUT2D eigenvalue weighted by Gasteiger charge is -2.30. The maximum atomic E-state index is 13.6. The van der Waals surface area contributed by atoms with Crippen molar-refractivity contribution in [3.8, 4) is 0 Å². The molecule has 2 heterocycles. The summed E-state index contributed by atoms with van der Waals surface area (Å²) in [6.45, 7) is 1.58. The normalized spacial score (nSPS) is 14.4. The Bertz CT molecular complexity index is 593. The molecule has 0 fully saturated rings. The summed E-state index contributed by atoms with van der Waals surface area (Å²) in [7, 11) is 0. The number of hydrogen-bond acceptors (Lipinski definition) is 3. The molecule has 0 aliphatic carbocycles. The second kappa shape index (κ2) is 4.53. The standard InChI is InChI=1S/C14H12FNOS/c15-12-2-1-3-13(11(12)9-17)16-6-4-14-10(8-16)5-7-18-14/h1-3,5,7,9H,4,6,8H2. The number of aldehydes is 1. The van der Waals surface area contributed by atoms with Gasteiger partial charge in [0.05, 0.1) is 11.3 Å². The quantitative estimate of drug-likeness (QED) is 0.773. The molecule has 1 aliphatic heterocycles. The van der Waals surface area contributed by atoms with Crippen LogP contribution in [0.3, 0.4) is 0 Å². The SMILES string of the molecule is O=Cc1c(F)cccc1N1CCc2sccc2C1. The van der Waals surface area contributed by atoms with Gasteiger partial charge in [-0.3, -0.25) is 4.79 Å². The van der Waals surface area contributed by atoms with Crippen molar-refractivity contribution in [2.24, 2.45) is 0 Å². The molecule has 0 spiro atoms. The van der Waals surface area contributed by atoms with Gasteiger partial charge in [0.15, 0.2) is 6.29 Å². The van der Waals surface area contributed by atoms with Crippen LogP contribution in [0.5, 0.6) is 0 Å². The number of fused-ring (bicyclic) bond motifs is 1. The van der Waals surface area contributed by atoms with Gasteiger partial charge in [-0.25, -0.2) is 4.39 Å². The number of rotatable bonds is 2. The molecule has 0 unspecified atom stereocenters. The molecule has 0 atom stereocenters. The smallest absolute Gasteiger partial charge is 0.155 e. The summed E-state index contributed by atoms with van der Waals surface area (Å²) < 4.78 is 13.6. The Morgan fingerprint density at radius 3 is 3.06 bits per heavy atom. The minimum Gasteiger partial charge on any atom is -0.366 e. The van der Waals surface area contributed by atoms with Gasteiger partial charge >= 0.3 is 0 Å². The Hall–Kier alpha value is -1.68. The highest BCUT2D eigenvalue weighted by molar-refractivity contribution is 7.10. The van der Waals surface area contributed by atoms with E-state index in [4.69, 9.17) is 0 Å². The van der Waals surface area contributed by atoms with Gasteiger partial charge in [0.25, 0.3) is 0 Å². The second-order valence-electron chi connectivity index (χ2n) is 4.33. The van der Waals surface area contributed by atoms with E-state index in [0.717, 1.165) is 19.5 Å². The van der Waals surface area contributed by atoms with Crippen LogP contribution in [0.15, 0.2) is 29.6 Å². The summed E-state index contributed by atoms with van der Waals surface area (Å²) >= 11 is 1.77. The zero-order chi connectivity index (χ0) is 12.5. The van der Waals surface area contributed by atoms with Crippen LogP contribution in [0.4, 0.5) is 10.1 Å². The van der Waals surface area contributed by atoms with E-state index < -0.39 is 5.82 Å². The van der Waals surface area contributed by atoms with Crippen molar-refractivity contribution in [3.63, 3.8) is 0 Å². The van der Waals surface area contributed by atoms with Gasteiger partial charge in [0, 0.05) is 18.0 Å². The predicted molar refractivity (Wildman–Crippen MR) is 70.9 cm³/mol. The van der Waals surface area contributed by atoms with Crippen molar-refractivity contribution in [1.29, 1.82) is 0 Å². The Kier molecular flexibility index (Phi) is 2.88. The molecule has 0 saturated heterocycles.